The molecule has 5 heteroatoms. The summed E-state index contributed by atoms with van der Waals surface area (Å²) >= 11 is 17.6. The molecule has 2 nitrogen and oxygen atoms in total. The monoisotopic (exact) mass is 296 g/mol. The molecule has 0 heterocycles. The summed E-state index contributed by atoms with van der Waals surface area (Å²) in [7, 11) is 0. The van der Waals surface area contributed by atoms with Crippen molar-refractivity contribution < 1.29 is 9.84 Å². The molecule has 0 amide bonds. The van der Waals surface area contributed by atoms with Crippen molar-refractivity contribution in [2.75, 3.05) is 6.61 Å². The van der Waals surface area contributed by atoms with Crippen LogP contribution in [0.25, 0.3) is 0 Å². The zero-order valence-electron chi connectivity index (χ0n) is 9.77. The predicted octanol–water partition coefficient (Wildman–Crippen LogP) is 4.58. The van der Waals surface area contributed by atoms with E-state index in [9.17, 15) is 5.11 Å². The average molecular weight is 298 g/mol. The van der Waals surface area contributed by atoms with Gasteiger partial charge in [0, 0.05) is 6.07 Å². The number of halogens is 3. The van der Waals surface area contributed by atoms with E-state index in [0.717, 1.165) is 0 Å². The fourth-order valence-corrected chi connectivity index (χ4v) is 1.87. The van der Waals surface area contributed by atoms with Gasteiger partial charge in [-0.15, -0.1) is 0 Å². The predicted molar refractivity (Wildman–Crippen MR) is 72.5 cm³/mol. The van der Waals surface area contributed by atoms with E-state index >= 15 is 0 Å². The first-order valence-electron chi connectivity index (χ1n) is 5.41. The molecule has 0 atom stereocenters. The molecule has 1 aromatic carbocycles. The minimum atomic E-state index is -0.838. The smallest absolute Gasteiger partial charge is 0.139 e. The van der Waals surface area contributed by atoms with Gasteiger partial charge >= 0.3 is 0 Å². The molecule has 0 aliphatic heterocycles. The van der Waals surface area contributed by atoms with Gasteiger partial charge in [0.05, 0.1) is 20.7 Å². The fraction of sp³-hybridized carbons (Fsp3) is 0.500. The molecule has 0 bridgehead atoms. The Balaban J connectivity index is 2.79. The number of ether oxygens (including phenoxy) is 1. The zero-order valence-corrected chi connectivity index (χ0v) is 12.0. The number of hydrogen-bond donors (Lipinski definition) is 1. The van der Waals surface area contributed by atoms with E-state index < -0.39 is 5.60 Å². The molecule has 1 aromatic rings. The molecule has 0 aliphatic carbocycles. The zero-order chi connectivity index (χ0) is 13.1. The van der Waals surface area contributed by atoms with Crippen molar-refractivity contribution in [3.05, 3.63) is 27.2 Å². The summed E-state index contributed by atoms with van der Waals surface area (Å²) in [6.07, 6.45) is 1.23. The number of aliphatic hydroxyl groups is 1. The first kappa shape index (κ1) is 14.9. The Morgan fingerprint density at radius 2 is 1.59 bits per heavy atom. The highest BCUT2D eigenvalue weighted by atomic mass is 35.5. The maximum Gasteiger partial charge on any atom is 0.139 e. The van der Waals surface area contributed by atoms with Crippen LogP contribution in [0.3, 0.4) is 0 Å². The lowest BCUT2D eigenvalue weighted by molar-refractivity contribution is -0.0113. The van der Waals surface area contributed by atoms with Crippen LogP contribution in [0, 0.1) is 0 Å². The Morgan fingerprint density at radius 3 is 2.12 bits per heavy atom. The van der Waals surface area contributed by atoms with E-state index in [0.29, 0.717) is 33.7 Å². The molecule has 0 unspecified atom stereocenters. The summed E-state index contributed by atoms with van der Waals surface area (Å²) in [4.78, 5) is 0. The molecule has 1 N–H and O–H groups in total. The Hall–Kier alpha value is -0.150. The summed E-state index contributed by atoms with van der Waals surface area (Å²) in [6, 6.07) is 3.08. The molecule has 0 aromatic heterocycles. The maximum absolute atomic E-state index is 10.1. The van der Waals surface area contributed by atoms with E-state index in [1.165, 1.54) is 6.07 Å². The van der Waals surface area contributed by atoms with Crippen LogP contribution >= 0.6 is 34.8 Å². The average Bonchev–Trinajstić information content (AvgIpc) is 2.32. The SMILES string of the molecule is CCC(O)(CC)COc1cc(Cl)c(Cl)cc1Cl. The van der Waals surface area contributed by atoms with Gasteiger partial charge in [0.15, 0.2) is 0 Å². The molecule has 17 heavy (non-hydrogen) atoms. The van der Waals surface area contributed by atoms with Crippen molar-refractivity contribution in [1.29, 1.82) is 0 Å². The highest BCUT2D eigenvalue weighted by molar-refractivity contribution is 6.43. The number of rotatable bonds is 5. The highest BCUT2D eigenvalue weighted by Crippen LogP contribution is 2.34. The molecule has 0 saturated carbocycles. The molecular formula is C12H15Cl3O2. The lowest BCUT2D eigenvalue weighted by Crippen LogP contribution is -2.34. The van der Waals surface area contributed by atoms with Crippen molar-refractivity contribution in [1.82, 2.24) is 0 Å². The van der Waals surface area contributed by atoms with Crippen LogP contribution in [0.2, 0.25) is 15.1 Å². The van der Waals surface area contributed by atoms with Crippen LogP contribution in [0.15, 0.2) is 12.1 Å². The first-order valence-corrected chi connectivity index (χ1v) is 6.55. The minimum Gasteiger partial charge on any atom is -0.489 e. The third-order valence-corrected chi connectivity index (χ3v) is 3.80. The van der Waals surface area contributed by atoms with Crippen LogP contribution in [-0.2, 0) is 0 Å². The van der Waals surface area contributed by atoms with Gasteiger partial charge in [-0.25, -0.2) is 0 Å². The Kier molecular flexibility index (Phi) is 5.39. The van der Waals surface area contributed by atoms with Crippen LogP contribution in [-0.4, -0.2) is 17.3 Å². The van der Waals surface area contributed by atoms with Gasteiger partial charge < -0.3 is 9.84 Å². The largest absolute Gasteiger partial charge is 0.489 e. The van der Waals surface area contributed by atoms with Gasteiger partial charge in [0.25, 0.3) is 0 Å². The van der Waals surface area contributed by atoms with E-state index in [1.807, 2.05) is 13.8 Å². The van der Waals surface area contributed by atoms with Crippen LogP contribution in [0.1, 0.15) is 26.7 Å². The van der Waals surface area contributed by atoms with E-state index in [2.05, 4.69) is 0 Å². The third-order valence-electron chi connectivity index (χ3n) is 2.79. The molecule has 0 saturated heterocycles. The van der Waals surface area contributed by atoms with Gasteiger partial charge in [0.2, 0.25) is 0 Å². The Bertz CT molecular complexity index is 390. The molecular weight excluding hydrogens is 282 g/mol. The van der Waals surface area contributed by atoms with Crippen LogP contribution in [0.4, 0.5) is 0 Å². The molecule has 0 aliphatic rings. The Labute approximate surface area is 116 Å². The quantitative estimate of drug-likeness (QED) is 0.806. The van der Waals surface area contributed by atoms with E-state index in [-0.39, 0.29) is 6.61 Å². The second-order valence-electron chi connectivity index (χ2n) is 3.92. The summed E-state index contributed by atoms with van der Waals surface area (Å²) in [5, 5.41) is 11.2. The summed E-state index contributed by atoms with van der Waals surface area (Å²) in [5.74, 6) is 0.432. The molecule has 0 spiro atoms. The molecule has 0 radical (unpaired) electrons. The topological polar surface area (TPSA) is 29.5 Å². The van der Waals surface area contributed by atoms with Crippen molar-refractivity contribution in [3.63, 3.8) is 0 Å². The molecule has 1 rings (SSSR count). The highest BCUT2D eigenvalue weighted by Gasteiger charge is 2.23. The summed E-state index contributed by atoms with van der Waals surface area (Å²) < 4.78 is 5.49. The maximum atomic E-state index is 10.1. The van der Waals surface area contributed by atoms with Gasteiger partial charge in [-0.05, 0) is 18.9 Å². The third kappa shape index (κ3) is 3.92. The van der Waals surface area contributed by atoms with Crippen molar-refractivity contribution in [2.24, 2.45) is 0 Å². The van der Waals surface area contributed by atoms with Gasteiger partial charge in [-0.1, -0.05) is 48.7 Å². The van der Waals surface area contributed by atoms with Crippen LogP contribution < -0.4 is 4.74 Å². The molecule has 96 valence electrons. The van der Waals surface area contributed by atoms with Gasteiger partial charge in [-0.2, -0.15) is 0 Å². The minimum absolute atomic E-state index is 0.178. The normalized spacial score (nSPS) is 11.6. The second-order valence-corrected chi connectivity index (χ2v) is 5.14. The second kappa shape index (κ2) is 6.14. The van der Waals surface area contributed by atoms with Crippen LogP contribution in [0.5, 0.6) is 5.75 Å². The fourth-order valence-electron chi connectivity index (χ4n) is 1.28. The lowest BCUT2D eigenvalue weighted by Gasteiger charge is -2.25. The van der Waals surface area contributed by atoms with E-state index in [1.54, 1.807) is 6.07 Å². The lowest BCUT2D eigenvalue weighted by atomic mass is 9.99. The van der Waals surface area contributed by atoms with Crippen molar-refractivity contribution in [3.8, 4) is 5.75 Å². The van der Waals surface area contributed by atoms with E-state index in [4.69, 9.17) is 39.5 Å². The van der Waals surface area contributed by atoms with Crippen molar-refractivity contribution >= 4 is 34.8 Å². The first-order chi connectivity index (χ1) is 7.91. The summed E-state index contributed by atoms with van der Waals surface area (Å²) in [6.45, 7) is 3.99. The van der Waals surface area contributed by atoms with Gasteiger partial charge in [-0.3, -0.25) is 0 Å². The number of hydrogen-bond acceptors (Lipinski definition) is 2. The summed E-state index contributed by atoms with van der Waals surface area (Å²) in [5.41, 5.74) is -0.838. The van der Waals surface area contributed by atoms with Gasteiger partial charge in [0.1, 0.15) is 12.4 Å². The van der Waals surface area contributed by atoms with Crippen molar-refractivity contribution in [2.45, 2.75) is 32.3 Å². The standard InChI is InChI=1S/C12H15Cl3O2/c1-3-12(16,4-2)7-17-11-6-9(14)8(13)5-10(11)15/h5-6,16H,3-4,7H2,1-2H3. The molecule has 0 fully saturated rings. The number of benzene rings is 1. The Morgan fingerprint density at radius 1 is 1.06 bits per heavy atom.